The van der Waals surface area contributed by atoms with E-state index in [4.69, 9.17) is 9.47 Å². The van der Waals surface area contributed by atoms with Gasteiger partial charge in [-0.15, -0.1) is 0 Å². The molecule has 10 nitrogen and oxygen atoms in total. The summed E-state index contributed by atoms with van der Waals surface area (Å²) in [6.07, 6.45) is 3.22. The average Bonchev–Trinajstić information content (AvgIpc) is 3.46. The van der Waals surface area contributed by atoms with E-state index in [0.29, 0.717) is 25.5 Å². The van der Waals surface area contributed by atoms with E-state index in [2.05, 4.69) is 10.3 Å². The Morgan fingerprint density at radius 1 is 1.09 bits per heavy atom. The Morgan fingerprint density at radius 3 is 2.40 bits per heavy atom. The Labute approximate surface area is 247 Å². The number of hydrogen-bond acceptors (Lipinski definition) is 7. The molecule has 0 saturated carbocycles. The predicted molar refractivity (Wildman–Crippen MR) is 152 cm³/mol. The van der Waals surface area contributed by atoms with E-state index >= 15 is 0 Å². The zero-order chi connectivity index (χ0) is 31.5. The van der Waals surface area contributed by atoms with Crippen LogP contribution in [-0.4, -0.2) is 72.6 Å². The van der Waals surface area contributed by atoms with E-state index in [1.54, 1.807) is 30.3 Å². The van der Waals surface area contributed by atoms with Crippen LogP contribution in [0.3, 0.4) is 0 Å². The van der Waals surface area contributed by atoms with Crippen LogP contribution in [0.25, 0.3) is 6.08 Å². The lowest BCUT2D eigenvalue weighted by molar-refractivity contribution is -0.161. The number of hydrogen-bond donors (Lipinski definition) is 1. The summed E-state index contributed by atoms with van der Waals surface area (Å²) in [4.78, 5) is 68.2. The molecule has 0 aromatic heterocycles. The van der Waals surface area contributed by atoms with Crippen LogP contribution in [0.1, 0.15) is 37.8 Å². The third kappa shape index (κ3) is 9.66. The molecular formula is C31H33F2N3O7. The molecule has 12 heteroatoms. The van der Waals surface area contributed by atoms with Gasteiger partial charge in [0.15, 0.2) is 0 Å². The van der Waals surface area contributed by atoms with Gasteiger partial charge in [0.2, 0.25) is 11.8 Å². The van der Waals surface area contributed by atoms with Gasteiger partial charge >= 0.3 is 11.9 Å². The Kier molecular flexibility index (Phi) is 11.8. The molecule has 3 amide bonds. The van der Waals surface area contributed by atoms with Gasteiger partial charge in [-0.1, -0.05) is 30.3 Å². The highest BCUT2D eigenvalue weighted by Crippen LogP contribution is 2.20. The van der Waals surface area contributed by atoms with Crippen LogP contribution in [0.2, 0.25) is 0 Å². The summed E-state index contributed by atoms with van der Waals surface area (Å²) in [5.41, 5.74) is 0.802. The molecule has 4 atom stereocenters. The van der Waals surface area contributed by atoms with Gasteiger partial charge in [0.25, 0.3) is 5.91 Å². The van der Waals surface area contributed by atoms with E-state index in [-0.39, 0.29) is 17.9 Å². The second kappa shape index (κ2) is 15.5. The van der Waals surface area contributed by atoms with Crippen molar-refractivity contribution in [3.05, 3.63) is 77.4 Å². The first-order chi connectivity index (χ1) is 20.5. The second-order valence-corrected chi connectivity index (χ2v) is 9.96. The van der Waals surface area contributed by atoms with Gasteiger partial charge < -0.3 is 19.7 Å². The fourth-order valence-corrected chi connectivity index (χ4v) is 4.60. The van der Waals surface area contributed by atoms with Crippen molar-refractivity contribution < 1.29 is 42.2 Å². The standard InChI is InChI=1S/C31H33F2N3O7/c1-19(43-31(41)27-10-7-13-36(27)20(2)37)25(30(40)42-3)18-34-29(39)26(16-22-14-23(32)17-24(33)15-22)35-28(38)12-11-21-8-5-4-6-9-21/h4-6,8-9,11-12,14-15,17-19,25-27H,7,10,13,16H2,1-3H3,(H,35,38)/b12-11+,34-18?/t19-,25?,26?,27?/m0/s1. The van der Waals surface area contributed by atoms with Crippen molar-refractivity contribution in [2.45, 2.75) is 51.3 Å². The van der Waals surface area contributed by atoms with Gasteiger partial charge in [-0.2, -0.15) is 0 Å². The monoisotopic (exact) mass is 597 g/mol. The molecule has 0 radical (unpaired) electrons. The predicted octanol–water partition coefficient (Wildman–Crippen LogP) is 3.03. The summed E-state index contributed by atoms with van der Waals surface area (Å²) >= 11 is 0. The molecule has 0 spiro atoms. The molecule has 0 aliphatic carbocycles. The molecule has 2 aromatic rings. The Hall–Kier alpha value is -4.74. The van der Waals surface area contributed by atoms with Crippen LogP contribution < -0.4 is 5.32 Å². The number of nitrogens with zero attached hydrogens (tertiary/aromatic N) is 2. The molecule has 43 heavy (non-hydrogen) atoms. The van der Waals surface area contributed by atoms with Crippen LogP contribution in [0.4, 0.5) is 8.78 Å². The highest BCUT2D eigenvalue weighted by Gasteiger charge is 2.36. The quantitative estimate of drug-likeness (QED) is 0.239. The van der Waals surface area contributed by atoms with Crippen molar-refractivity contribution >= 4 is 42.0 Å². The van der Waals surface area contributed by atoms with Crippen LogP contribution in [0.5, 0.6) is 0 Å². The first-order valence-electron chi connectivity index (χ1n) is 13.6. The topological polar surface area (TPSA) is 131 Å². The van der Waals surface area contributed by atoms with Gasteiger partial charge in [-0.05, 0) is 49.1 Å². The van der Waals surface area contributed by atoms with Crippen molar-refractivity contribution in [1.82, 2.24) is 10.2 Å². The molecule has 1 heterocycles. The van der Waals surface area contributed by atoms with Gasteiger partial charge in [-0.3, -0.25) is 19.2 Å². The molecule has 1 aliphatic rings. The second-order valence-electron chi connectivity index (χ2n) is 9.96. The van der Waals surface area contributed by atoms with Crippen molar-refractivity contribution in [3.63, 3.8) is 0 Å². The number of rotatable bonds is 11. The lowest BCUT2D eigenvalue weighted by Gasteiger charge is -2.25. The maximum absolute atomic E-state index is 13.8. The first kappa shape index (κ1) is 32.8. The van der Waals surface area contributed by atoms with E-state index in [0.717, 1.165) is 31.0 Å². The molecule has 1 saturated heterocycles. The van der Waals surface area contributed by atoms with E-state index in [1.807, 2.05) is 0 Å². The Bertz CT molecular complexity index is 1380. The van der Waals surface area contributed by atoms with Crippen molar-refractivity contribution in [3.8, 4) is 0 Å². The third-order valence-corrected chi connectivity index (χ3v) is 6.78. The Morgan fingerprint density at radius 2 is 1.77 bits per heavy atom. The van der Waals surface area contributed by atoms with Gasteiger partial charge in [-0.25, -0.2) is 18.6 Å². The van der Waals surface area contributed by atoms with Gasteiger partial charge in [0.1, 0.15) is 35.7 Å². The number of carbonyl (C=O) groups is 5. The van der Waals surface area contributed by atoms with Crippen LogP contribution in [0.15, 0.2) is 59.6 Å². The van der Waals surface area contributed by atoms with Gasteiger partial charge in [0, 0.05) is 38.2 Å². The summed E-state index contributed by atoms with van der Waals surface area (Å²) in [5, 5.41) is 2.48. The van der Waals surface area contributed by atoms with Crippen molar-refractivity contribution in [2.75, 3.05) is 13.7 Å². The van der Waals surface area contributed by atoms with E-state index in [1.165, 1.54) is 30.9 Å². The molecule has 0 bridgehead atoms. The highest BCUT2D eigenvalue weighted by atomic mass is 19.1. The summed E-state index contributed by atoms with van der Waals surface area (Å²) < 4.78 is 37.9. The number of halogens is 2. The molecular weight excluding hydrogens is 564 g/mol. The number of carbonyl (C=O) groups excluding carboxylic acids is 5. The SMILES string of the molecule is COC(=O)C(C=NC(=O)C(Cc1cc(F)cc(F)c1)NC(=O)/C=C/c1ccccc1)[C@H](C)OC(=O)C1CCCN1C(C)=O. The zero-order valence-corrected chi connectivity index (χ0v) is 24.0. The lowest BCUT2D eigenvalue weighted by atomic mass is 10.0. The fraction of sp³-hybridized carbons (Fsp3) is 0.355. The van der Waals surface area contributed by atoms with Crippen LogP contribution >= 0.6 is 0 Å². The molecule has 3 rings (SSSR count). The number of benzene rings is 2. The van der Waals surface area contributed by atoms with Crippen LogP contribution in [0, 0.1) is 17.6 Å². The number of methoxy groups -OCH3 is 1. The number of ether oxygens (including phenoxy) is 2. The van der Waals surface area contributed by atoms with Crippen molar-refractivity contribution in [2.24, 2.45) is 10.9 Å². The number of aliphatic imine (C=N–C) groups is 1. The van der Waals surface area contributed by atoms with E-state index in [9.17, 15) is 32.8 Å². The molecule has 2 aromatic carbocycles. The summed E-state index contributed by atoms with van der Waals surface area (Å²) in [7, 11) is 1.11. The summed E-state index contributed by atoms with van der Waals surface area (Å²) in [6, 6.07) is 9.42. The number of esters is 2. The molecule has 1 aliphatic heterocycles. The lowest BCUT2D eigenvalue weighted by Crippen LogP contribution is -2.43. The number of likely N-dealkylation sites (tertiary alicyclic amines) is 1. The first-order valence-corrected chi connectivity index (χ1v) is 13.6. The highest BCUT2D eigenvalue weighted by molar-refractivity contribution is 6.00. The minimum Gasteiger partial charge on any atom is -0.468 e. The summed E-state index contributed by atoms with van der Waals surface area (Å²) in [5.74, 6) is -6.51. The Balaban J connectivity index is 1.79. The maximum Gasteiger partial charge on any atom is 0.329 e. The molecule has 3 unspecified atom stereocenters. The minimum atomic E-state index is -1.37. The normalized spacial score (nSPS) is 17.0. The average molecular weight is 598 g/mol. The largest absolute Gasteiger partial charge is 0.468 e. The number of amides is 3. The smallest absolute Gasteiger partial charge is 0.329 e. The molecule has 1 fully saturated rings. The van der Waals surface area contributed by atoms with E-state index < -0.39 is 59.5 Å². The number of nitrogens with one attached hydrogen (secondary N) is 1. The fourth-order valence-electron chi connectivity index (χ4n) is 4.60. The van der Waals surface area contributed by atoms with Gasteiger partial charge in [0.05, 0.1) is 7.11 Å². The van der Waals surface area contributed by atoms with Crippen LogP contribution in [-0.2, 0) is 39.9 Å². The minimum absolute atomic E-state index is 0.0804. The van der Waals surface area contributed by atoms with Crippen molar-refractivity contribution in [1.29, 1.82) is 0 Å². The molecule has 1 N–H and O–H groups in total. The molecule has 228 valence electrons. The zero-order valence-electron chi connectivity index (χ0n) is 24.0. The summed E-state index contributed by atoms with van der Waals surface area (Å²) in [6.45, 7) is 3.16. The maximum atomic E-state index is 13.8. The third-order valence-electron chi connectivity index (χ3n) is 6.78.